The van der Waals surface area contributed by atoms with Gasteiger partial charge in [-0.05, 0) is 44.8 Å². The minimum Gasteiger partial charge on any atom is -0.481 e. The van der Waals surface area contributed by atoms with Gasteiger partial charge < -0.3 is 15.3 Å². The van der Waals surface area contributed by atoms with E-state index < -0.39 is 5.97 Å². The number of hydrogen-bond acceptors (Lipinski definition) is 3. The first-order chi connectivity index (χ1) is 8.75. The Morgan fingerprint density at radius 2 is 2.17 bits per heavy atom. The van der Waals surface area contributed by atoms with Crippen molar-refractivity contribution < 1.29 is 9.90 Å². The van der Waals surface area contributed by atoms with Crippen LogP contribution in [0.15, 0.2) is 23.9 Å². The van der Waals surface area contributed by atoms with Crippen LogP contribution < -0.4 is 5.32 Å². The summed E-state index contributed by atoms with van der Waals surface area (Å²) in [7, 11) is 0. The lowest BCUT2D eigenvalue weighted by Crippen LogP contribution is -2.39. The zero-order valence-corrected chi connectivity index (χ0v) is 10.8. The molecule has 0 bridgehead atoms. The van der Waals surface area contributed by atoms with Crippen molar-refractivity contribution in [3.05, 3.63) is 23.9 Å². The van der Waals surface area contributed by atoms with Gasteiger partial charge in [-0.25, -0.2) is 0 Å². The molecule has 0 aromatic heterocycles. The van der Waals surface area contributed by atoms with E-state index in [0.717, 1.165) is 51.9 Å². The van der Waals surface area contributed by atoms with E-state index in [2.05, 4.69) is 28.4 Å². The van der Waals surface area contributed by atoms with Gasteiger partial charge in [0, 0.05) is 18.8 Å². The third kappa shape index (κ3) is 3.88. The van der Waals surface area contributed by atoms with E-state index in [-0.39, 0.29) is 5.92 Å². The lowest BCUT2D eigenvalue weighted by atomic mass is 9.97. The maximum Gasteiger partial charge on any atom is 0.306 e. The quantitative estimate of drug-likeness (QED) is 0.778. The van der Waals surface area contributed by atoms with E-state index >= 15 is 0 Å². The smallest absolute Gasteiger partial charge is 0.306 e. The Morgan fingerprint density at radius 1 is 1.39 bits per heavy atom. The summed E-state index contributed by atoms with van der Waals surface area (Å²) >= 11 is 0. The van der Waals surface area contributed by atoms with Gasteiger partial charge in [0.25, 0.3) is 0 Å². The van der Waals surface area contributed by atoms with E-state index in [0.29, 0.717) is 0 Å². The molecule has 0 atom stereocenters. The Kier molecular flexibility index (Phi) is 4.81. The van der Waals surface area contributed by atoms with Crippen LogP contribution in [0, 0.1) is 5.92 Å². The summed E-state index contributed by atoms with van der Waals surface area (Å²) in [5.74, 6) is -0.761. The van der Waals surface area contributed by atoms with Crippen LogP contribution in [0.2, 0.25) is 0 Å². The summed E-state index contributed by atoms with van der Waals surface area (Å²) in [5.41, 5.74) is 1.22. The summed E-state index contributed by atoms with van der Waals surface area (Å²) in [4.78, 5) is 13.2. The van der Waals surface area contributed by atoms with Gasteiger partial charge in [-0.2, -0.15) is 0 Å². The largest absolute Gasteiger partial charge is 0.481 e. The Labute approximate surface area is 108 Å². The highest BCUT2D eigenvalue weighted by Crippen LogP contribution is 2.16. The fraction of sp³-hybridized carbons (Fsp3) is 0.643. The molecular formula is C14H22N2O2. The maximum atomic E-state index is 10.8. The van der Waals surface area contributed by atoms with Crippen LogP contribution in [0.3, 0.4) is 0 Å². The van der Waals surface area contributed by atoms with Crippen LogP contribution >= 0.6 is 0 Å². The van der Waals surface area contributed by atoms with Crippen LogP contribution in [0.25, 0.3) is 0 Å². The number of hydrogen-bond donors (Lipinski definition) is 2. The second kappa shape index (κ2) is 6.59. The molecule has 1 fully saturated rings. The Morgan fingerprint density at radius 3 is 2.78 bits per heavy atom. The zero-order chi connectivity index (χ0) is 12.8. The summed E-state index contributed by atoms with van der Waals surface area (Å²) in [6, 6.07) is 0. The molecule has 0 amide bonds. The van der Waals surface area contributed by atoms with Crippen molar-refractivity contribution in [2.75, 3.05) is 26.2 Å². The molecule has 1 saturated heterocycles. The predicted molar refractivity (Wildman–Crippen MR) is 71.3 cm³/mol. The van der Waals surface area contributed by atoms with Crippen LogP contribution in [-0.4, -0.2) is 42.2 Å². The minimum absolute atomic E-state index is 0.127. The average molecular weight is 250 g/mol. The Balaban J connectivity index is 1.62. The van der Waals surface area contributed by atoms with Crippen LogP contribution in [-0.2, 0) is 4.79 Å². The summed E-state index contributed by atoms with van der Waals surface area (Å²) in [5, 5.41) is 12.3. The van der Waals surface area contributed by atoms with E-state index in [1.165, 1.54) is 5.70 Å². The Hall–Kier alpha value is -1.29. The number of carbonyl (C=O) groups is 1. The van der Waals surface area contributed by atoms with Crippen LogP contribution in [0.1, 0.15) is 25.7 Å². The number of nitrogens with one attached hydrogen (secondary N) is 1. The molecular weight excluding hydrogens is 228 g/mol. The van der Waals surface area contributed by atoms with Crippen molar-refractivity contribution >= 4 is 5.97 Å². The molecule has 0 unspecified atom stereocenters. The van der Waals surface area contributed by atoms with Crippen molar-refractivity contribution in [2.24, 2.45) is 5.92 Å². The third-order valence-electron chi connectivity index (χ3n) is 3.69. The normalized spacial score (nSPS) is 21.7. The molecule has 1 aliphatic carbocycles. The summed E-state index contributed by atoms with van der Waals surface area (Å²) in [6.07, 6.45) is 10.4. The lowest BCUT2D eigenvalue weighted by molar-refractivity contribution is -0.143. The summed E-state index contributed by atoms with van der Waals surface area (Å²) < 4.78 is 0. The SMILES string of the molecule is O=C(O)C1CCN(CCNC2=CCCC=C2)CC1. The van der Waals surface area contributed by atoms with Gasteiger partial charge in [-0.15, -0.1) is 0 Å². The molecule has 0 aromatic rings. The van der Waals surface area contributed by atoms with Gasteiger partial charge in [-0.1, -0.05) is 12.2 Å². The highest BCUT2D eigenvalue weighted by atomic mass is 16.4. The van der Waals surface area contributed by atoms with Crippen molar-refractivity contribution in [2.45, 2.75) is 25.7 Å². The molecule has 4 nitrogen and oxygen atoms in total. The van der Waals surface area contributed by atoms with Gasteiger partial charge in [0.1, 0.15) is 0 Å². The second-order valence-corrected chi connectivity index (χ2v) is 5.02. The highest BCUT2D eigenvalue weighted by Gasteiger charge is 2.23. The number of rotatable bonds is 5. The fourth-order valence-electron chi connectivity index (χ4n) is 2.51. The first kappa shape index (κ1) is 13.1. The standard InChI is InChI=1S/C14H22N2O2/c17-14(18)12-6-9-16(10-7-12)11-8-15-13-4-2-1-3-5-13/h2,4-5,12,15H,1,3,6-11H2,(H,17,18). The van der Waals surface area contributed by atoms with Crippen molar-refractivity contribution in [1.29, 1.82) is 0 Å². The van der Waals surface area contributed by atoms with Crippen molar-refractivity contribution in [1.82, 2.24) is 10.2 Å². The van der Waals surface area contributed by atoms with Gasteiger partial charge in [0.2, 0.25) is 0 Å². The van der Waals surface area contributed by atoms with E-state index in [1.54, 1.807) is 0 Å². The first-order valence-electron chi connectivity index (χ1n) is 6.81. The molecule has 2 N–H and O–H groups in total. The number of aliphatic carboxylic acids is 1. The van der Waals surface area contributed by atoms with Crippen LogP contribution in [0.5, 0.6) is 0 Å². The highest BCUT2D eigenvalue weighted by molar-refractivity contribution is 5.70. The monoisotopic (exact) mass is 250 g/mol. The molecule has 18 heavy (non-hydrogen) atoms. The van der Waals surface area contributed by atoms with Gasteiger partial charge in [0.15, 0.2) is 0 Å². The lowest BCUT2D eigenvalue weighted by Gasteiger charge is -2.30. The number of allylic oxidation sites excluding steroid dienone is 3. The van der Waals surface area contributed by atoms with Gasteiger partial charge in [-0.3, -0.25) is 4.79 Å². The molecule has 0 saturated carbocycles. The maximum absolute atomic E-state index is 10.8. The van der Waals surface area contributed by atoms with Crippen molar-refractivity contribution in [3.8, 4) is 0 Å². The van der Waals surface area contributed by atoms with E-state index in [9.17, 15) is 4.79 Å². The molecule has 0 radical (unpaired) electrons. The number of likely N-dealkylation sites (tertiary alicyclic amines) is 1. The van der Waals surface area contributed by atoms with E-state index in [4.69, 9.17) is 5.11 Å². The predicted octanol–water partition coefficient (Wildman–Crippen LogP) is 1.61. The second-order valence-electron chi connectivity index (χ2n) is 5.02. The number of nitrogens with zero attached hydrogens (tertiary/aromatic N) is 1. The molecule has 2 rings (SSSR count). The molecule has 2 aliphatic rings. The fourth-order valence-corrected chi connectivity index (χ4v) is 2.51. The number of piperidine rings is 1. The summed E-state index contributed by atoms with van der Waals surface area (Å²) in [6.45, 7) is 3.76. The molecule has 1 heterocycles. The zero-order valence-electron chi connectivity index (χ0n) is 10.8. The minimum atomic E-state index is -0.634. The molecule has 1 aliphatic heterocycles. The molecule has 4 heteroatoms. The van der Waals surface area contributed by atoms with Gasteiger partial charge >= 0.3 is 5.97 Å². The average Bonchev–Trinajstić information content (AvgIpc) is 2.40. The molecule has 0 spiro atoms. The van der Waals surface area contributed by atoms with E-state index in [1.807, 2.05) is 0 Å². The van der Waals surface area contributed by atoms with Gasteiger partial charge in [0.05, 0.1) is 5.92 Å². The third-order valence-corrected chi connectivity index (χ3v) is 3.69. The first-order valence-corrected chi connectivity index (χ1v) is 6.81. The molecule has 100 valence electrons. The number of carboxylic acid groups (broad SMARTS) is 1. The number of carboxylic acids is 1. The Bertz CT molecular complexity index is 342. The topological polar surface area (TPSA) is 52.6 Å². The van der Waals surface area contributed by atoms with Crippen molar-refractivity contribution in [3.63, 3.8) is 0 Å². The molecule has 0 aromatic carbocycles. The van der Waals surface area contributed by atoms with Crippen LogP contribution in [0.4, 0.5) is 0 Å².